The number of aromatic nitrogens is 2. The minimum absolute atomic E-state index is 0.0232. The molecule has 0 radical (unpaired) electrons. The van der Waals surface area contributed by atoms with Gasteiger partial charge in [-0.3, -0.25) is 14.7 Å². The topological polar surface area (TPSA) is 78.1 Å². The van der Waals surface area contributed by atoms with Gasteiger partial charge in [0.1, 0.15) is 0 Å². The predicted molar refractivity (Wildman–Crippen MR) is 72.8 cm³/mol. The smallest absolute Gasteiger partial charge is 0.227 e. The summed E-state index contributed by atoms with van der Waals surface area (Å²) in [6.45, 7) is 3.10. The van der Waals surface area contributed by atoms with E-state index in [1.165, 1.54) is 31.0 Å². The Kier molecular flexibility index (Phi) is 3.46. The van der Waals surface area contributed by atoms with Crippen molar-refractivity contribution in [3.63, 3.8) is 0 Å². The lowest BCUT2D eigenvalue weighted by atomic mass is 9.95. The number of nitrogens with zero attached hydrogens (tertiary/aromatic N) is 2. The number of fused-ring (bicyclic) bond motifs is 1. The highest BCUT2D eigenvalue weighted by Gasteiger charge is 2.34. The van der Waals surface area contributed by atoms with E-state index in [0.717, 1.165) is 18.5 Å². The number of likely N-dealkylation sites (tertiary alicyclic amines) is 1. The van der Waals surface area contributed by atoms with Crippen LogP contribution in [0.5, 0.6) is 0 Å². The summed E-state index contributed by atoms with van der Waals surface area (Å²) in [4.78, 5) is 24.7. The Labute approximate surface area is 117 Å². The fraction of sp³-hybridized carbons (Fsp3) is 0.643. The number of aryl methyl sites for hydroxylation is 1. The molecule has 2 amide bonds. The molecule has 0 bridgehead atoms. The molecule has 1 fully saturated rings. The van der Waals surface area contributed by atoms with Crippen LogP contribution in [0.1, 0.15) is 36.7 Å². The minimum Gasteiger partial charge on any atom is -0.350 e. The first-order chi connectivity index (χ1) is 9.65. The molecule has 1 aromatic rings. The van der Waals surface area contributed by atoms with Gasteiger partial charge in [-0.1, -0.05) is 0 Å². The fourth-order valence-electron chi connectivity index (χ4n) is 2.91. The van der Waals surface area contributed by atoms with Crippen molar-refractivity contribution in [3.05, 3.63) is 17.0 Å². The lowest BCUT2D eigenvalue weighted by Gasteiger charge is -2.37. The number of rotatable bonds is 3. The maximum atomic E-state index is 12.0. The zero-order chi connectivity index (χ0) is 14.1. The van der Waals surface area contributed by atoms with Gasteiger partial charge in [0.2, 0.25) is 11.8 Å². The van der Waals surface area contributed by atoms with E-state index in [1.807, 2.05) is 0 Å². The number of amides is 2. The van der Waals surface area contributed by atoms with Crippen LogP contribution in [0.25, 0.3) is 0 Å². The summed E-state index contributed by atoms with van der Waals surface area (Å²) in [7, 11) is 0. The molecule has 20 heavy (non-hydrogen) atoms. The molecule has 6 nitrogen and oxygen atoms in total. The van der Waals surface area contributed by atoms with E-state index in [0.29, 0.717) is 19.6 Å². The number of carbonyl (C=O) groups excluding carboxylic acids is 2. The summed E-state index contributed by atoms with van der Waals surface area (Å²) >= 11 is 0. The third kappa shape index (κ3) is 2.42. The average molecular weight is 276 g/mol. The summed E-state index contributed by atoms with van der Waals surface area (Å²) in [5.74, 6) is -0.000788. The number of hydrogen-bond donors (Lipinski definition) is 2. The summed E-state index contributed by atoms with van der Waals surface area (Å²) < 4.78 is 0. The maximum absolute atomic E-state index is 12.0. The molecular formula is C14H20N4O2. The lowest BCUT2D eigenvalue weighted by molar-refractivity contribution is -0.141. The maximum Gasteiger partial charge on any atom is 0.227 e. The Morgan fingerprint density at radius 3 is 2.85 bits per heavy atom. The number of aromatic amines is 1. The second-order valence-electron chi connectivity index (χ2n) is 5.67. The van der Waals surface area contributed by atoms with Crippen molar-refractivity contribution in [2.45, 2.75) is 39.2 Å². The molecule has 2 heterocycles. The zero-order valence-corrected chi connectivity index (χ0v) is 11.7. The number of hydrogen-bond acceptors (Lipinski definition) is 3. The van der Waals surface area contributed by atoms with Crippen LogP contribution in [0.4, 0.5) is 0 Å². The highest BCUT2D eigenvalue weighted by atomic mass is 16.2. The second-order valence-corrected chi connectivity index (χ2v) is 5.67. The van der Waals surface area contributed by atoms with E-state index in [9.17, 15) is 9.59 Å². The van der Waals surface area contributed by atoms with Crippen molar-refractivity contribution in [3.8, 4) is 0 Å². The Bertz CT molecular complexity index is 531. The van der Waals surface area contributed by atoms with Crippen molar-refractivity contribution in [1.29, 1.82) is 0 Å². The molecule has 1 aromatic heterocycles. The van der Waals surface area contributed by atoms with Gasteiger partial charge in [0.25, 0.3) is 0 Å². The predicted octanol–water partition coefficient (Wildman–Crippen LogP) is 0.383. The summed E-state index contributed by atoms with van der Waals surface area (Å²) in [5.41, 5.74) is 3.48. The van der Waals surface area contributed by atoms with Crippen LogP contribution in [0.3, 0.4) is 0 Å². The van der Waals surface area contributed by atoms with Crippen molar-refractivity contribution in [1.82, 2.24) is 20.4 Å². The fourth-order valence-corrected chi connectivity index (χ4v) is 2.91. The first kappa shape index (κ1) is 13.1. The molecule has 1 aliphatic heterocycles. The van der Waals surface area contributed by atoms with Crippen molar-refractivity contribution in [2.24, 2.45) is 5.92 Å². The van der Waals surface area contributed by atoms with Gasteiger partial charge in [0.05, 0.1) is 18.2 Å². The van der Waals surface area contributed by atoms with Crippen LogP contribution in [0, 0.1) is 5.92 Å². The van der Waals surface area contributed by atoms with Crippen molar-refractivity contribution in [2.75, 3.05) is 13.1 Å². The average Bonchev–Trinajstić information content (AvgIpc) is 2.77. The molecule has 1 aliphatic carbocycles. The molecule has 0 saturated carbocycles. The van der Waals surface area contributed by atoms with E-state index in [1.54, 1.807) is 4.90 Å². The molecule has 0 spiro atoms. The third-order valence-corrected chi connectivity index (χ3v) is 4.27. The lowest BCUT2D eigenvalue weighted by Crippen LogP contribution is -2.55. The van der Waals surface area contributed by atoms with Crippen LogP contribution >= 0.6 is 0 Å². The van der Waals surface area contributed by atoms with E-state index in [4.69, 9.17) is 0 Å². The van der Waals surface area contributed by atoms with Crippen LogP contribution in [-0.2, 0) is 29.0 Å². The molecule has 0 aromatic carbocycles. The summed E-state index contributed by atoms with van der Waals surface area (Å²) in [6, 6.07) is 0. The first-order valence-corrected chi connectivity index (χ1v) is 7.23. The molecule has 108 valence electrons. The minimum atomic E-state index is -0.0614. The molecule has 3 rings (SSSR count). The second kappa shape index (κ2) is 5.26. The van der Waals surface area contributed by atoms with Gasteiger partial charge >= 0.3 is 0 Å². The molecule has 2 aliphatic rings. The van der Waals surface area contributed by atoms with Gasteiger partial charge in [-0.05, 0) is 31.2 Å². The molecule has 0 atom stereocenters. The monoisotopic (exact) mass is 276 g/mol. The number of H-pyrrole nitrogens is 1. The SMILES string of the molecule is CC(=O)N1CC(C(=O)NCc2n[nH]c3c2CCCC3)C1. The van der Waals surface area contributed by atoms with Gasteiger partial charge in [-0.15, -0.1) is 0 Å². The van der Waals surface area contributed by atoms with E-state index in [2.05, 4.69) is 15.5 Å². The Hall–Kier alpha value is -1.85. The Morgan fingerprint density at radius 1 is 1.35 bits per heavy atom. The molecule has 1 saturated heterocycles. The van der Waals surface area contributed by atoms with Crippen LogP contribution in [-0.4, -0.2) is 40.0 Å². The van der Waals surface area contributed by atoms with E-state index < -0.39 is 0 Å². The third-order valence-electron chi connectivity index (χ3n) is 4.27. The van der Waals surface area contributed by atoms with E-state index in [-0.39, 0.29) is 17.7 Å². The highest BCUT2D eigenvalue weighted by molar-refractivity contribution is 5.83. The summed E-state index contributed by atoms with van der Waals surface area (Å²) in [5, 5.41) is 10.3. The van der Waals surface area contributed by atoms with Crippen molar-refractivity contribution >= 4 is 11.8 Å². The van der Waals surface area contributed by atoms with Crippen molar-refractivity contribution < 1.29 is 9.59 Å². The quantitative estimate of drug-likeness (QED) is 0.838. The molecule has 0 unspecified atom stereocenters. The Morgan fingerprint density at radius 2 is 2.10 bits per heavy atom. The zero-order valence-electron chi connectivity index (χ0n) is 11.7. The molecular weight excluding hydrogens is 256 g/mol. The van der Waals surface area contributed by atoms with Crippen LogP contribution < -0.4 is 5.32 Å². The molecule has 2 N–H and O–H groups in total. The van der Waals surface area contributed by atoms with E-state index >= 15 is 0 Å². The number of nitrogens with one attached hydrogen (secondary N) is 2. The highest BCUT2D eigenvalue weighted by Crippen LogP contribution is 2.22. The van der Waals surface area contributed by atoms with Gasteiger partial charge in [-0.2, -0.15) is 5.10 Å². The van der Waals surface area contributed by atoms with Gasteiger partial charge in [0, 0.05) is 25.7 Å². The standard InChI is InChI=1S/C14H20N4O2/c1-9(19)18-7-10(8-18)14(20)15-6-13-11-4-2-3-5-12(11)16-17-13/h10H,2-8H2,1H3,(H,15,20)(H,16,17). The normalized spacial score (nSPS) is 18.4. The first-order valence-electron chi connectivity index (χ1n) is 7.23. The number of carbonyl (C=O) groups is 2. The molecule has 6 heteroatoms. The summed E-state index contributed by atoms with van der Waals surface area (Å²) in [6.07, 6.45) is 4.53. The van der Waals surface area contributed by atoms with Gasteiger partial charge < -0.3 is 10.2 Å². The Balaban J connectivity index is 1.51. The largest absolute Gasteiger partial charge is 0.350 e. The van der Waals surface area contributed by atoms with Crippen LogP contribution in [0.15, 0.2) is 0 Å². The van der Waals surface area contributed by atoms with Gasteiger partial charge in [0.15, 0.2) is 0 Å². The van der Waals surface area contributed by atoms with Crippen LogP contribution in [0.2, 0.25) is 0 Å². The van der Waals surface area contributed by atoms with Gasteiger partial charge in [-0.25, -0.2) is 0 Å².